The largest absolute Gasteiger partial charge is 0.366 e. The molecule has 0 aliphatic carbocycles. The number of nitrogens with zero attached hydrogens (tertiary/aromatic N) is 3. The molecule has 2 aromatic heterocycles. The van der Waals surface area contributed by atoms with Crippen LogP contribution in [0.4, 0.5) is 0 Å². The normalized spacial score (nSPS) is 13.6. The second kappa shape index (κ2) is 9.40. The molecule has 8 heteroatoms. The molecule has 1 aliphatic heterocycles. The van der Waals surface area contributed by atoms with Crippen LogP contribution < -0.4 is 11.3 Å². The van der Waals surface area contributed by atoms with Gasteiger partial charge in [0.1, 0.15) is 6.33 Å². The van der Waals surface area contributed by atoms with Gasteiger partial charge in [-0.25, -0.2) is 4.98 Å². The van der Waals surface area contributed by atoms with Crippen LogP contribution in [0.5, 0.6) is 0 Å². The molecule has 5 aromatic rings. The van der Waals surface area contributed by atoms with Gasteiger partial charge in [-0.1, -0.05) is 36.4 Å². The van der Waals surface area contributed by atoms with Crippen molar-refractivity contribution in [2.75, 3.05) is 13.1 Å². The molecule has 39 heavy (non-hydrogen) atoms. The third-order valence-corrected chi connectivity index (χ3v) is 7.58. The van der Waals surface area contributed by atoms with E-state index in [0.717, 1.165) is 39.0 Å². The SMILES string of the molecule is CC(=O)N1CC=C(c2cc3c(-c4cccc(-n5cnc6ccccc6c5=O)c4C)ccc(C(N)=O)c3[nH]2)CC1. The lowest BCUT2D eigenvalue weighted by molar-refractivity contribution is -0.128. The zero-order chi connectivity index (χ0) is 27.3. The molecular weight excluding hydrogens is 490 g/mol. The fourth-order valence-corrected chi connectivity index (χ4v) is 5.45. The van der Waals surface area contributed by atoms with Gasteiger partial charge in [-0.3, -0.25) is 19.0 Å². The summed E-state index contributed by atoms with van der Waals surface area (Å²) in [6.07, 6.45) is 4.32. The Labute approximate surface area is 224 Å². The van der Waals surface area contributed by atoms with Gasteiger partial charge in [0.2, 0.25) is 5.91 Å². The number of hydrogen-bond acceptors (Lipinski definition) is 4. The number of aromatic amines is 1. The fourth-order valence-electron chi connectivity index (χ4n) is 5.45. The molecule has 8 nitrogen and oxygen atoms in total. The van der Waals surface area contributed by atoms with Crippen molar-refractivity contribution in [3.63, 3.8) is 0 Å². The van der Waals surface area contributed by atoms with E-state index in [4.69, 9.17) is 5.73 Å². The van der Waals surface area contributed by atoms with E-state index in [1.807, 2.05) is 61.5 Å². The number of primary amides is 1. The van der Waals surface area contributed by atoms with Gasteiger partial charge in [0, 0.05) is 31.1 Å². The number of para-hydroxylation sites is 1. The maximum atomic E-state index is 13.3. The summed E-state index contributed by atoms with van der Waals surface area (Å²) >= 11 is 0. The van der Waals surface area contributed by atoms with Crippen molar-refractivity contribution in [2.45, 2.75) is 20.3 Å². The number of nitrogens with one attached hydrogen (secondary N) is 1. The number of carbonyl (C=O) groups excluding carboxylic acids is 2. The Hall–Kier alpha value is -4.98. The van der Waals surface area contributed by atoms with Crippen molar-refractivity contribution < 1.29 is 9.59 Å². The summed E-state index contributed by atoms with van der Waals surface area (Å²) in [6, 6.07) is 18.8. The molecular formula is C31H27N5O3. The average molecular weight is 518 g/mol. The monoisotopic (exact) mass is 517 g/mol. The van der Waals surface area contributed by atoms with Crippen LogP contribution in [-0.4, -0.2) is 44.3 Å². The van der Waals surface area contributed by atoms with Gasteiger partial charge in [-0.15, -0.1) is 0 Å². The van der Waals surface area contributed by atoms with Crippen LogP contribution in [0, 0.1) is 6.92 Å². The van der Waals surface area contributed by atoms with Gasteiger partial charge >= 0.3 is 0 Å². The highest BCUT2D eigenvalue weighted by Crippen LogP contribution is 2.37. The summed E-state index contributed by atoms with van der Waals surface area (Å²) in [4.78, 5) is 47.1. The Kier molecular flexibility index (Phi) is 5.87. The minimum absolute atomic E-state index is 0.0522. The van der Waals surface area contributed by atoms with E-state index >= 15 is 0 Å². The number of benzene rings is 3. The molecule has 3 aromatic carbocycles. The molecule has 3 N–H and O–H groups in total. The van der Waals surface area contributed by atoms with Crippen LogP contribution in [0.1, 0.15) is 35.0 Å². The summed E-state index contributed by atoms with van der Waals surface area (Å²) in [5.41, 5.74) is 12.8. The van der Waals surface area contributed by atoms with E-state index in [2.05, 4.69) is 9.97 Å². The number of hydrogen-bond donors (Lipinski definition) is 2. The van der Waals surface area contributed by atoms with E-state index < -0.39 is 5.91 Å². The first-order valence-corrected chi connectivity index (χ1v) is 12.8. The first kappa shape index (κ1) is 24.4. The van der Waals surface area contributed by atoms with Crippen molar-refractivity contribution in [1.29, 1.82) is 0 Å². The fraction of sp³-hybridized carbons (Fsp3) is 0.161. The molecule has 2 amide bonds. The van der Waals surface area contributed by atoms with E-state index in [-0.39, 0.29) is 11.5 Å². The Balaban J connectivity index is 1.51. The topological polar surface area (TPSA) is 114 Å². The summed E-state index contributed by atoms with van der Waals surface area (Å²) in [5, 5.41) is 1.41. The molecule has 0 radical (unpaired) electrons. The number of carbonyl (C=O) groups is 2. The van der Waals surface area contributed by atoms with Gasteiger partial charge in [0.05, 0.1) is 27.7 Å². The molecule has 0 spiro atoms. The van der Waals surface area contributed by atoms with Gasteiger partial charge in [0.25, 0.3) is 11.5 Å². The maximum Gasteiger partial charge on any atom is 0.265 e. The highest BCUT2D eigenvalue weighted by Gasteiger charge is 2.20. The van der Waals surface area contributed by atoms with Crippen LogP contribution >= 0.6 is 0 Å². The zero-order valence-corrected chi connectivity index (χ0v) is 21.7. The number of nitrogens with two attached hydrogens (primary N) is 1. The number of fused-ring (bicyclic) bond motifs is 2. The predicted molar refractivity (Wildman–Crippen MR) is 153 cm³/mol. The van der Waals surface area contributed by atoms with Crippen molar-refractivity contribution in [3.8, 4) is 16.8 Å². The van der Waals surface area contributed by atoms with E-state index in [9.17, 15) is 14.4 Å². The molecule has 0 bridgehead atoms. The summed E-state index contributed by atoms with van der Waals surface area (Å²) in [5.74, 6) is -0.462. The Bertz CT molecular complexity index is 1900. The second-order valence-corrected chi connectivity index (χ2v) is 9.83. The first-order chi connectivity index (χ1) is 18.8. The lowest BCUT2D eigenvalue weighted by Gasteiger charge is -2.24. The van der Waals surface area contributed by atoms with Crippen LogP contribution in [-0.2, 0) is 4.79 Å². The summed E-state index contributed by atoms with van der Waals surface area (Å²) in [7, 11) is 0. The maximum absolute atomic E-state index is 13.3. The predicted octanol–water partition coefficient (Wildman–Crippen LogP) is 4.58. The number of amides is 2. The summed E-state index contributed by atoms with van der Waals surface area (Å²) < 4.78 is 1.58. The Morgan fingerprint density at radius 3 is 2.56 bits per heavy atom. The molecule has 1 aliphatic rings. The average Bonchev–Trinajstić information content (AvgIpc) is 3.39. The van der Waals surface area contributed by atoms with Crippen molar-refractivity contribution in [3.05, 3.63) is 100 Å². The lowest BCUT2D eigenvalue weighted by atomic mass is 9.94. The molecule has 0 fully saturated rings. The summed E-state index contributed by atoms with van der Waals surface area (Å²) in [6.45, 7) is 4.74. The molecule has 0 saturated carbocycles. The van der Waals surface area contributed by atoms with Crippen LogP contribution in [0.25, 0.3) is 44.2 Å². The van der Waals surface area contributed by atoms with E-state index in [0.29, 0.717) is 41.5 Å². The number of aromatic nitrogens is 3. The Morgan fingerprint density at radius 2 is 1.82 bits per heavy atom. The number of rotatable bonds is 4. The van der Waals surface area contributed by atoms with Crippen molar-refractivity contribution >= 4 is 39.2 Å². The smallest absolute Gasteiger partial charge is 0.265 e. The quantitative estimate of drug-likeness (QED) is 0.363. The molecule has 194 valence electrons. The highest BCUT2D eigenvalue weighted by atomic mass is 16.2. The highest BCUT2D eigenvalue weighted by molar-refractivity contribution is 6.10. The molecule has 3 heterocycles. The van der Waals surface area contributed by atoms with Gasteiger partial charge < -0.3 is 15.6 Å². The molecule has 6 rings (SSSR count). The third kappa shape index (κ3) is 4.10. The van der Waals surface area contributed by atoms with E-state index in [1.165, 1.54) is 0 Å². The standard InChI is InChI=1S/C31H27N5O3/c1-18-21(7-5-9-28(18)36-17-33-26-8-4-3-6-23(26)31(36)39)22-10-11-24(30(32)38)29-25(22)16-27(34-29)20-12-14-35(15-13-20)19(2)37/h3-12,16-17,34H,13-15H2,1-2H3,(H2,32,38). The minimum Gasteiger partial charge on any atom is -0.366 e. The second-order valence-electron chi connectivity index (χ2n) is 9.83. The molecule has 0 atom stereocenters. The van der Waals surface area contributed by atoms with Crippen LogP contribution in [0.15, 0.2) is 77.9 Å². The van der Waals surface area contributed by atoms with Gasteiger partial charge in [0.15, 0.2) is 0 Å². The molecule has 0 saturated heterocycles. The molecule has 0 unspecified atom stereocenters. The number of H-pyrrole nitrogens is 1. The van der Waals surface area contributed by atoms with Gasteiger partial charge in [-0.2, -0.15) is 0 Å². The minimum atomic E-state index is -0.514. The van der Waals surface area contributed by atoms with E-state index in [1.54, 1.807) is 34.9 Å². The van der Waals surface area contributed by atoms with Crippen LogP contribution in [0.2, 0.25) is 0 Å². The first-order valence-electron chi connectivity index (χ1n) is 12.8. The zero-order valence-electron chi connectivity index (χ0n) is 21.7. The van der Waals surface area contributed by atoms with Gasteiger partial charge in [-0.05, 0) is 65.9 Å². The Morgan fingerprint density at radius 1 is 1.00 bits per heavy atom. The third-order valence-electron chi connectivity index (χ3n) is 7.58. The van der Waals surface area contributed by atoms with Crippen molar-refractivity contribution in [1.82, 2.24) is 19.4 Å². The van der Waals surface area contributed by atoms with Crippen molar-refractivity contribution in [2.24, 2.45) is 5.73 Å². The van der Waals surface area contributed by atoms with Crippen LogP contribution in [0.3, 0.4) is 0 Å². The lowest BCUT2D eigenvalue weighted by Crippen LogP contribution is -2.32.